The van der Waals surface area contributed by atoms with Gasteiger partial charge in [-0.05, 0) is 42.5 Å². The van der Waals surface area contributed by atoms with E-state index < -0.39 is 17.9 Å². The van der Waals surface area contributed by atoms with Crippen molar-refractivity contribution in [3.05, 3.63) is 84.0 Å². The minimum Gasteiger partial charge on any atom is -0.368 e. The Hall–Kier alpha value is -4.77. The Kier molecular flexibility index (Phi) is 6.77. The summed E-state index contributed by atoms with van der Waals surface area (Å²) in [7, 11) is 1.75. The molecule has 3 heterocycles. The van der Waals surface area contributed by atoms with Gasteiger partial charge in [0.15, 0.2) is 5.13 Å². The number of primary amides is 1. The van der Waals surface area contributed by atoms with Crippen LogP contribution in [0.15, 0.2) is 78.4 Å². The van der Waals surface area contributed by atoms with Crippen molar-refractivity contribution < 1.29 is 9.59 Å². The van der Waals surface area contributed by atoms with Crippen LogP contribution in [0, 0.1) is 0 Å². The van der Waals surface area contributed by atoms with E-state index in [-0.39, 0.29) is 6.54 Å². The number of carbonyl (C=O) groups is 2. The lowest BCUT2D eigenvalue weighted by Crippen LogP contribution is -2.50. The number of rotatable bonds is 9. The molecule has 5 rings (SSSR count). The molecule has 0 bridgehead atoms. The van der Waals surface area contributed by atoms with Crippen molar-refractivity contribution in [2.75, 3.05) is 23.8 Å². The van der Waals surface area contributed by atoms with Gasteiger partial charge in [-0.3, -0.25) is 9.59 Å². The second-order valence-electron chi connectivity index (χ2n) is 8.19. The maximum Gasteiger partial charge on any atom is 0.252 e. The molecule has 5 N–H and O–H groups in total. The maximum atomic E-state index is 13.2. The topological polar surface area (TPSA) is 142 Å². The Morgan fingerprint density at radius 2 is 1.92 bits per heavy atom. The fraction of sp³-hybridized carbons (Fsp3) is 0.115. The molecule has 186 valence electrons. The molecule has 2 aromatic carbocycles. The van der Waals surface area contributed by atoms with Crippen molar-refractivity contribution in [2.45, 2.75) is 6.04 Å². The number of nitrogens with one attached hydrogen (secondary N) is 3. The summed E-state index contributed by atoms with van der Waals surface area (Å²) in [5.74, 6) is -0.531. The molecule has 0 saturated heterocycles. The highest BCUT2D eigenvalue weighted by Gasteiger charge is 2.24. The van der Waals surface area contributed by atoms with Gasteiger partial charge in [0.1, 0.15) is 6.04 Å². The number of benzene rings is 2. The lowest BCUT2D eigenvalue weighted by atomic mass is 10.1. The summed E-state index contributed by atoms with van der Waals surface area (Å²) in [6.45, 7) is 0.136. The third kappa shape index (κ3) is 5.26. The van der Waals surface area contributed by atoms with E-state index in [9.17, 15) is 9.59 Å². The van der Waals surface area contributed by atoms with Gasteiger partial charge >= 0.3 is 0 Å². The van der Waals surface area contributed by atoms with Crippen molar-refractivity contribution in [3.63, 3.8) is 0 Å². The Labute approximate surface area is 216 Å². The minimum absolute atomic E-state index is 0.136. The number of para-hydroxylation sites is 1. The molecular formula is C26H24N8O2S. The van der Waals surface area contributed by atoms with E-state index in [1.165, 1.54) is 11.3 Å². The molecule has 3 aromatic heterocycles. The number of H-pyrrole nitrogens is 1. The number of nitrogens with two attached hydrogens (primary N) is 1. The van der Waals surface area contributed by atoms with Crippen LogP contribution in [0.1, 0.15) is 10.4 Å². The van der Waals surface area contributed by atoms with Crippen LogP contribution < -0.4 is 21.3 Å². The number of nitrogens with zero attached hydrogens (tertiary/aromatic N) is 4. The van der Waals surface area contributed by atoms with E-state index in [0.29, 0.717) is 16.6 Å². The molecule has 10 nitrogen and oxygen atoms in total. The van der Waals surface area contributed by atoms with E-state index in [2.05, 4.69) is 30.6 Å². The van der Waals surface area contributed by atoms with E-state index in [0.717, 1.165) is 28.0 Å². The summed E-state index contributed by atoms with van der Waals surface area (Å²) in [5.41, 5.74) is 9.31. The molecule has 37 heavy (non-hydrogen) atoms. The highest BCUT2D eigenvalue weighted by atomic mass is 32.1. The predicted molar refractivity (Wildman–Crippen MR) is 145 cm³/mol. The van der Waals surface area contributed by atoms with Gasteiger partial charge < -0.3 is 26.3 Å². The van der Waals surface area contributed by atoms with E-state index in [1.807, 2.05) is 52.7 Å². The number of aromatic nitrogens is 4. The highest BCUT2D eigenvalue weighted by Crippen LogP contribution is 2.27. The zero-order valence-electron chi connectivity index (χ0n) is 19.9. The summed E-state index contributed by atoms with van der Waals surface area (Å²) in [5, 5.41) is 9.09. The summed E-state index contributed by atoms with van der Waals surface area (Å²) in [6, 6.07) is 17.6. The minimum atomic E-state index is -0.949. The normalized spacial score (nSPS) is 11.7. The summed E-state index contributed by atoms with van der Waals surface area (Å²) in [4.78, 5) is 43.7. The number of hydrogen-bond donors (Lipinski definition) is 4. The largest absolute Gasteiger partial charge is 0.368 e. The lowest BCUT2D eigenvalue weighted by Gasteiger charge is -2.26. The van der Waals surface area contributed by atoms with Gasteiger partial charge in [-0.15, -0.1) is 11.3 Å². The van der Waals surface area contributed by atoms with E-state index in [4.69, 9.17) is 5.73 Å². The van der Waals surface area contributed by atoms with Crippen molar-refractivity contribution in [2.24, 2.45) is 5.73 Å². The lowest BCUT2D eigenvalue weighted by molar-refractivity contribution is -0.119. The quantitative estimate of drug-likeness (QED) is 0.237. The Balaban J connectivity index is 1.38. The van der Waals surface area contributed by atoms with Gasteiger partial charge in [-0.2, -0.15) is 0 Å². The average Bonchev–Trinajstić information content (AvgIpc) is 3.61. The Morgan fingerprint density at radius 1 is 1.08 bits per heavy atom. The number of aromatic amines is 1. The molecule has 0 fully saturated rings. The first-order chi connectivity index (χ1) is 18.0. The zero-order chi connectivity index (χ0) is 25.8. The maximum absolute atomic E-state index is 13.2. The van der Waals surface area contributed by atoms with Crippen LogP contribution in [-0.4, -0.2) is 51.4 Å². The van der Waals surface area contributed by atoms with Crippen LogP contribution in [-0.2, 0) is 4.79 Å². The average molecular weight is 513 g/mol. The first kappa shape index (κ1) is 23.9. The number of fused-ring (bicyclic) bond motifs is 1. The van der Waals surface area contributed by atoms with Crippen molar-refractivity contribution in [3.8, 4) is 11.4 Å². The number of thiazole rings is 1. The van der Waals surface area contributed by atoms with Crippen LogP contribution in [0.2, 0.25) is 0 Å². The fourth-order valence-corrected chi connectivity index (χ4v) is 4.60. The van der Waals surface area contributed by atoms with Gasteiger partial charge in [-0.25, -0.2) is 15.0 Å². The Morgan fingerprint density at radius 3 is 2.65 bits per heavy atom. The van der Waals surface area contributed by atoms with Crippen LogP contribution in [0.3, 0.4) is 0 Å². The first-order valence-corrected chi connectivity index (χ1v) is 12.4. The van der Waals surface area contributed by atoms with Gasteiger partial charge in [0.2, 0.25) is 11.9 Å². The molecule has 0 aliphatic carbocycles. The zero-order valence-corrected chi connectivity index (χ0v) is 20.7. The smallest absolute Gasteiger partial charge is 0.252 e. The third-order valence-corrected chi connectivity index (χ3v) is 6.56. The van der Waals surface area contributed by atoms with Gasteiger partial charge in [0.25, 0.3) is 5.91 Å². The molecule has 2 amide bonds. The molecule has 5 aromatic rings. The van der Waals surface area contributed by atoms with Gasteiger partial charge in [0, 0.05) is 47.0 Å². The standard InChI is InChI=1S/C26H24N8O2S/c1-28-25-29-10-9-20(33-25)21-14-17-13-16(7-8-19(17)31-21)24(36)32-22(23(27)35)15-34(26-30-11-12-37-26)18-5-3-2-4-6-18/h2-14,22,31H,15H2,1H3,(H2,27,35)(H,32,36)(H,28,29,33)/t22-/m0/s1. The number of anilines is 3. The second kappa shape index (κ2) is 10.5. The summed E-state index contributed by atoms with van der Waals surface area (Å²) >= 11 is 1.43. The summed E-state index contributed by atoms with van der Waals surface area (Å²) in [6.07, 6.45) is 3.36. The fourth-order valence-electron chi connectivity index (χ4n) is 3.92. The number of carbonyl (C=O) groups excluding carboxylic acids is 2. The van der Waals surface area contributed by atoms with Crippen LogP contribution in [0.25, 0.3) is 22.3 Å². The molecule has 0 aliphatic rings. The molecule has 0 radical (unpaired) electrons. The molecule has 1 atom stereocenters. The second-order valence-corrected chi connectivity index (χ2v) is 9.06. The van der Waals surface area contributed by atoms with E-state index in [1.54, 1.807) is 37.6 Å². The Bertz CT molecular complexity index is 1540. The van der Waals surface area contributed by atoms with Crippen LogP contribution in [0.4, 0.5) is 16.8 Å². The monoisotopic (exact) mass is 512 g/mol. The van der Waals surface area contributed by atoms with Gasteiger partial charge in [-0.1, -0.05) is 18.2 Å². The van der Waals surface area contributed by atoms with E-state index >= 15 is 0 Å². The van der Waals surface area contributed by atoms with Crippen molar-refractivity contribution in [1.29, 1.82) is 0 Å². The molecule has 11 heteroatoms. The van der Waals surface area contributed by atoms with Crippen LogP contribution in [0.5, 0.6) is 0 Å². The van der Waals surface area contributed by atoms with Gasteiger partial charge in [0.05, 0.1) is 17.9 Å². The predicted octanol–water partition coefficient (Wildman–Crippen LogP) is 3.55. The molecule has 0 spiro atoms. The molecule has 0 unspecified atom stereocenters. The first-order valence-electron chi connectivity index (χ1n) is 11.5. The van der Waals surface area contributed by atoms with Crippen molar-refractivity contribution in [1.82, 2.24) is 25.3 Å². The molecule has 0 saturated carbocycles. The third-order valence-electron chi connectivity index (χ3n) is 5.77. The number of amides is 2. The SMILES string of the molecule is CNc1nccc(-c2cc3cc(C(=O)N[C@@H](CN(c4ccccc4)c4nccs4)C(N)=O)ccc3[nH]2)n1. The van der Waals surface area contributed by atoms with Crippen molar-refractivity contribution >= 4 is 50.8 Å². The van der Waals surface area contributed by atoms with Crippen LogP contribution >= 0.6 is 11.3 Å². The molecular weight excluding hydrogens is 488 g/mol. The summed E-state index contributed by atoms with van der Waals surface area (Å²) < 4.78 is 0. The number of hydrogen-bond acceptors (Lipinski definition) is 8. The highest BCUT2D eigenvalue weighted by molar-refractivity contribution is 7.13. The molecule has 0 aliphatic heterocycles.